The number of fused-ring (bicyclic) bond motifs is 1. The van der Waals surface area contributed by atoms with Crippen molar-refractivity contribution in [3.8, 4) is 0 Å². The molecule has 2 heterocycles. The lowest BCUT2D eigenvalue weighted by atomic mass is 9.81. The minimum atomic E-state index is -4.84. The average Bonchev–Trinajstić information content (AvgIpc) is 3.52. The van der Waals surface area contributed by atoms with Gasteiger partial charge in [-0.2, -0.15) is 8.42 Å². The van der Waals surface area contributed by atoms with Crippen molar-refractivity contribution in [3.05, 3.63) is 11.6 Å². The molecule has 0 aromatic rings. The summed E-state index contributed by atoms with van der Waals surface area (Å²) in [5.74, 6) is -1.90. The minimum Gasteiger partial charge on any atom is -0.390 e. The molecule has 0 spiro atoms. The average molecular weight is 634 g/mol. The highest BCUT2D eigenvalue weighted by Crippen LogP contribution is 2.40. The summed E-state index contributed by atoms with van der Waals surface area (Å²) in [5, 5.41) is 26.2. The molecular formula is C26H45N6O10S+. The number of guanidine groups is 1. The van der Waals surface area contributed by atoms with E-state index >= 15 is 0 Å². The summed E-state index contributed by atoms with van der Waals surface area (Å²) in [6.07, 6.45) is -0.276. The molecule has 1 saturated carbocycles. The highest BCUT2D eigenvalue weighted by atomic mass is 32.3. The SMILES string of the molecule is COC(COS(=O)(=O)O)C(=O)NC(CC(C)C)C(=O)N1C(C(=O)NCCC2=CC[N+](=C(N)N)C2)CC2CC(O)C(O)CC21. The standard InChI is InChI=1S/C26H44N6O10S/c1-14(2)8-17(30-24(36)22(41-3)13-42-43(38,39)40)25(37)32-18-11-21(34)20(33)10-16(18)9-19(32)23(35)29-6-4-15-5-7-31(12-15)26(27)28/h5,14,16-22,33-34H,4,6-13H2,1-3H3,(H6,27,28,29,30,35,36,38,39,40)/p+1. The van der Waals surface area contributed by atoms with Crippen LogP contribution in [-0.4, -0.2) is 126 Å². The number of hydrogen-bond acceptors (Lipinski definition) is 9. The van der Waals surface area contributed by atoms with Gasteiger partial charge >= 0.3 is 16.4 Å². The monoisotopic (exact) mass is 633 g/mol. The number of likely N-dealkylation sites (tertiary alicyclic amines) is 1. The Morgan fingerprint density at radius 3 is 2.42 bits per heavy atom. The van der Waals surface area contributed by atoms with E-state index in [1.807, 2.05) is 19.9 Å². The number of aliphatic hydroxyl groups excluding tert-OH is 2. The Kier molecular flexibility index (Phi) is 11.9. The summed E-state index contributed by atoms with van der Waals surface area (Å²) in [6.45, 7) is 4.30. The van der Waals surface area contributed by atoms with Gasteiger partial charge in [-0.15, -0.1) is 0 Å². The lowest BCUT2D eigenvalue weighted by Gasteiger charge is -2.39. The lowest BCUT2D eigenvalue weighted by Crippen LogP contribution is -2.59. The van der Waals surface area contributed by atoms with Gasteiger partial charge in [-0.25, -0.2) is 4.18 Å². The van der Waals surface area contributed by atoms with Crippen LogP contribution in [0.4, 0.5) is 0 Å². The number of nitrogens with zero attached hydrogens (tertiary/aromatic N) is 2. The van der Waals surface area contributed by atoms with E-state index in [0.717, 1.165) is 12.7 Å². The van der Waals surface area contributed by atoms with Gasteiger partial charge in [-0.1, -0.05) is 13.8 Å². The van der Waals surface area contributed by atoms with Gasteiger partial charge in [0.15, 0.2) is 6.10 Å². The van der Waals surface area contributed by atoms with Crippen LogP contribution >= 0.6 is 0 Å². The molecule has 244 valence electrons. The predicted octanol–water partition coefficient (Wildman–Crippen LogP) is -2.81. The molecule has 3 aliphatic rings. The Hall–Kier alpha value is -2.83. The van der Waals surface area contributed by atoms with E-state index in [1.54, 1.807) is 4.58 Å². The second-order valence-electron chi connectivity index (χ2n) is 11.8. The number of rotatable bonds is 13. The molecule has 1 aliphatic carbocycles. The summed E-state index contributed by atoms with van der Waals surface area (Å²) in [4.78, 5) is 42.0. The largest absolute Gasteiger partial charge is 0.397 e. The van der Waals surface area contributed by atoms with Crippen LogP contribution in [0, 0.1) is 11.8 Å². The van der Waals surface area contributed by atoms with Crippen LogP contribution in [0.3, 0.4) is 0 Å². The van der Waals surface area contributed by atoms with Crippen LogP contribution < -0.4 is 22.1 Å². The third-order valence-electron chi connectivity index (χ3n) is 8.16. The van der Waals surface area contributed by atoms with Crippen LogP contribution in [0.5, 0.6) is 0 Å². The summed E-state index contributed by atoms with van der Waals surface area (Å²) in [7, 11) is -3.70. The topological polar surface area (TPSA) is 247 Å². The summed E-state index contributed by atoms with van der Waals surface area (Å²) < 4.78 is 41.9. The molecule has 1 saturated heterocycles. The Bertz CT molecular complexity index is 1200. The second-order valence-corrected chi connectivity index (χ2v) is 12.9. The van der Waals surface area contributed by atoms with E-state index in [9.17, 15) is 33.0 Å². The van der Waals surface area contributed by atoms with Crippen molar-refractivity contribution in [1.29, 1.82) is 0 Å². The Labute approximate surface area is 251 Å². The van der Waals surface area contributed by atoms with Crippen LogP contribution in [-0.2, 0) is 33.7 Å². The first-order chi connectivity index (χ1) is 20.1. The fourth-order valence-corrected chi connectivity index (χ4v) is 6.28. The maximum atomic E-state index is 14.1. The van der Waals surface area contributed by atoms with Gasteiger partial charge in [-0.05, 0) is 55.6 Å². The van der Waals surface area contributed by atoms with Gasteiger partial charge in [-0.3, -0.25) is 35.0 Å². The molecular weight excluding hydrogens is 588 g/mol. The highest BCUT2D eigenvalue weighted by molar-refractivity contribution is 7.80. The van der Waals surface area contributed by atoms with Crippen molar-refractivity contribution < 1.29 is 51.1 Å². The van der Waals surface area contributed by atoms with Gasteiger partial charge in [0, 0.05) is 19.7 Å². The van der Waals surface area contributed by atoms with E-state index in [0.29, 0.717) is 26.1 Å². The molecule has 17 heteroatoms. The quantitative estimate of drug-likeness (QED) is 0.0470. The van der Waals surface area contributed by atoms with Gasteiger partial charge < -0.3 is 30.5 Å². The number of carbonyl (C=O) groups excluding carboxylic acids is 3. The fourth-order valence-electron chi connectivity index (χ4n) is 5.99. The van der Waals surface area contributed by atoms with Gasteiger partial charge in [0.1, 0.15) is 18.7 Å². The smallest absolute Gasteiger partial charge is 0.390 e. The highest BCUT2D eigenvalue weighted by Gasteiger charge is 2.52. The van der Waals surface area contributed by atoms with E-state index in [-0.39, 0.29) is 43.5 Å². The van der Waals surface area contributed by atoms with Gasteiger partial charge in [0.25, 0.3) is 5.91 Å². The molecule has 7 unspecified atom stereocenters. The molecule has 0 aromatic carbocycles. The summed E-state index contributed by atoms with van der Waals surface area (Å²) in [5.41, 5.74) is 12.4. The molecule has 3 amide bonds. The molecule has 7 atom stereocenters. The van der Waals surface area contributed by atoms with Crippen molar-refractivity contribution in [2.45, 2.75) is 82.4 Å². The third kappa shape index (κ3) is 9.33. The molecule has 43 heavy (non-hydrogen) atoms. The van der Waals surface area contributed by atoms with E-state index in [4.69, 9.17) is 20.8 Å². The maximum Gasteiger partial charge on any atom is 0.397 e. The van der Waals surface area contributed by atoms with Crippen molar-refractivity contribution in [3.63, 3.8) is 0 Å². The molecule has 16 nitrogen and oxygen atoms in total. The number of aliphatic hydroxyl groups is 2. The summed E-state index contributed by atoms with van der Waals surface area (Å²) in [6, 6.07) is -2.58. The number of amides is 3. The minimum absolute atomic E-state index is 0.0618. The van der Waals surface area contributed by atoms with Crippen molar-refractivity contribution in [2.24, 2.45) is 23.3 Å². The number of methoxy groups -OCH3 is 1. The number of ether oxygens (including phenoxy) is 1. The molecule has 0 aromatic heterocycles. The zero-order chi connectivity index (χ0) is 32.1. The van der Waals surface area contributed by atoms with Crippen molar-refractivity contribution >= 4 is 34.1 Å². The van der Waals surface area contributed by atoms with Crippen LogP contribution in [0.1, 0.15) is 46.0 Å². The fraction of sp³-hybridized carbons (Fsp3) is 0.769. The molecule has 3 rings (SSSR count). The predicted molar refractivity (Wildman–Crippen MR) is 153 cm³/mol. The first kappa shape index (κ1) is 34.7. The number of hydrogen-bond donors (Lipinski definition) is 7. The normalized spacial score (nSPS) is 27.0. The third-order valence-corrected chi connectivity index (χ3v) is 8.60. The molecule has 2 fully saturated rings. The maximum absolute atomic E-state index is 14.1. The Morgan fingerprint density at radius 1 is 1.16 bits per heavy atom. The Morgan fingerprint density at radius 2 is 1.84 bits per heavy atom. The van der Waals surface area contributed by atoms with Crippen molar-refractivity contribution in [2.75, 3.05) is 33.4 Å². The first-order valence-corrected chi connectivity index (χ1v) is 15.7. The summed E-state index contributed by atoms with van der Waals surface area (Å²) >= 11 is 0. The van der Waals surface area contributed by atoms with Gasteiger partial charge in [0.2, 0.25) is 11.8 Å². The van der Waals surface area contributed by atoms with Crippen molar-refractivity contribution in [1.82, 2.24) is 15.5 Å². The Balaban J connectivity index is 1.78. The van der Waals surface area contributed by atoms with E-state index in [1.165, 1.54) is 4.90 Å². The van der Waals surface area contributed by atoms with Crippen LogP contribution in [0.25, 0.3) is 0 Å². The number of nitrogens with one attached hydrogen (secondary N) is 2. The molecule has 2 aliphatic heterocycles. The lowest BCUT2D eigenvalue weighted by molar-refractivity contribution is -0.503. The zero-order valence-corrected chi connectivity index (χ0v) is 25.5. The number of carbonyl (C=O) groups is 3. The van der Waals surface area contributed by atoms with Crippen LogP contribution in [0.2, 0.25) is 0 Å². The number of nitrogens with two attached hydrogens (primary N) is 2. The molecule has 0 radical (unpaired) electrons. The molecule has 9 N–H and O–H groups in total. The van der Waals surface area contributed by atoms with E-state index in [2.05, 4.69) is 14.8 Å². The molecule has 0 bridgehead atoms. The van der Waals surface area contributed by atoms with Crippen LogP contribution in [0.15, 0.2) is 11.6 Å². The first-order valence-electron chi connectivity index (χ1n) is 14.3. The second kappa shape index (κ2) is 14.8. The zero-order valence-electron chi connectivity index (χ0n) is 24.7. The van der Waals surface area contributed by atoms with Gasteiger partial charge in [0.05, 0.1) is 25.3 Å². The van der Waals surface area contributed by atoms with E-state index < -0.39 is 71.2 Å².